The number of likely N-dealkylation sites (N-methyl/N-ethyl adjacent to an activating group) is 1. The fourth-order valence-electron chi connectivity index (χ4n) is 5.63. The Balaban J connectivity index is 1.49. The number of alkyl halides is 3. The normalized spacial score (nSPS) is 37.4. The van der Waals surface area contributed by atoms with Crippen LogP contribution in [-0.2, 0) is 34.7 Å². The number of nitrogens with zero attached hydrogens (tertiary/aromatic N) is 1. The first kappa shape index (κ1) is 24.8. The lowest BCUT2D eigenvalue weighted by Crippen LogP contribution is -2.49. The molecule has 11 heteroatoms. The number of carbonyl (C=O) groups excluding carboxylic acids is 3. The topological polar surface area (TPSA) is 94.7 Å². The number of esters is 3. The molecule has 0 radical (unpaired) electrons. The van der Waals surface area contributed by atoms with Crippen molar-refractivity contribution in [3.8, 4) is 0 Å². The SMILES string of the molecule is CC1C(=O)OC2CC3(C)OC3C(OC(=O)c3ccc(C(F)(F)F)cc3)C(N(C)C)C3=CC(OC3=O)C21. The molecular formula is C25H26F3NO7. The van der Waals surface area contributed by atoms with E-state index in [1.165, 1.54) is 0 Å². The number of fused-ring (bicyclic) bond motifs is 4. The van der Waals surface area contributed by atoms with E-state index in [0.717, 1.165) is 24.3 Å². The zero-order valence-corrected chi connectivity index (χ0v) is 20.1. The molecule has 0 spiro atoms. The highest BCUT2D eigenvalue weighted by Gasteiger charge is 2.65. The van der Waals surface area contributed by atoms with Gasteiger partial charge in [-0.2, -0.15) is 13.2 Å². The Kier molecular flexibility index (Phi) is 5.71. The van der Waals surface area contributed by atoms with Gasteiger partial charge in [0.05, 0.1) is 34.3 Å². The minimum absolute atomic E-state index is 0.0700. The lowest BCUT2D eigenvalue weighted by Gasteiger charge is -2.32. The summed E-state index contributed by atoms with van der Waals surface area (Å²) < 4.78 is 61.9. The molecule has 194 valence electrons. The zero-order valence-electron chi connectivity index (χ0n) is 20.1. The van der Waals surface area contributed by atoms with Gasteiger partial charge < -0.3 is 18.9 Å². The van der Waals surface area contributed by atoms with Gasteiger partial charge in [0.25, 0.3) is 0 Å². The van der Waals surface area contributed by atoms with Crippen molar-refractivity contribution in [1.82, 2.24) is 4.90 Å². The maximum atomic E-state index is 13.0. The van der Waals surface area contributed by atoms with Gasteiger partial charge in [0.1, 0.15) is 18.3 Å². The van der Waals surface area contributed by atoms with Crippen LogP contribution in [0, 0.1) is 11.8 Å². The van der Waals surface area contributed by atoms with Crippen molar-refractivity contribution < 1.29 is 46.5 Å². The van der Waals surface area contributed by atoms with Crippen molar-refractivity contribution in [2.45, 2.75) is 62.5 Å². The van der Waals surface area contributed by atoms with E-state index in [-0.39, 0.29) is 23.0 Å². The van der Waals surface area contributed by atoms with Crippen LogP contribution in [0.25, 0.3) is 0 Å². The number of ether oxygens (including phenoxy) is 4. The molecule has 1 aliphatic carbocycles. The molecule has 0 aromatic heterocycles. The number of epoxide rings is 1. The molecule has 8 nitrogen and oxygen atoms in total. The molecule has 0 amide bonds. The summed E-state index contributed by atoms with van der Waals surface area (Å²) in [5.41, 5.74) is -1.51. The van der Waals surface area contributed by atoms with Gasteiger partial charge in [0.15, 0.2) is 6.10 Å². The summed E-state index contributed by atoms with van der Waals surface area (Å²) in [5.74, 6) is -2.68. The fraction of sp³-hybridized carbons (Fsp3) is 0.560. The van der Waals surface area contributed by atoms with E-state index >= 15 is 0 Å². The van der Waals surface area contributed by atoms with Crippen molar-refractivity contribution in [2.75, 3.05) is 14.1 Å². The second-order valence-electron chi connectivity index (χ2n) is 10.2. The lowest BCUT2D eigenvalue weighted by atomic mass is 9.79. The van der Waals surface area contributed by atoms with E-state index < -0.39 is 65.7 Å². The van der Waals surface area contributed by atoms with Gasteiger partial charge in [-0.15, -0.1) is 0 Å². The third-order valence-electron chi connectivity index (χ3n) is 7.57. The molecular weight excluding hydrogens is 483 g/mol. The highest BCUT2D eigenvalue weighted by Crippen LogP contribution is 2.51. The number of hydrogen-bond acceptors (Lipinski definition) is 8. The van der Waals surface area contributed by atoms with Crippen LogP contribution in [0.5, 0.6) is 0 Å². The van der Waals surface area contributed by atoms with Crippen LogP contribution in [0.15, 0.2) is 35.9 Å². The summed E-state index contributed by atoms with van der Waals surface area (Å²) >= 11 is 0. The summed E-state index contributed by atoms with van der Waals surface area (Å²) in [7, 11) is 3.42. The number of halogens is 3. The molecule has 8 unspecified atom stereocenters. The number of benzene rings is 1. The van der Waals surface area contributed by atoms with E-state index in [0.29, 0.717) is 6.42 Å². The average Bonchev–Trinajstić information content (AvgIpc) is 3.19. The molecule has 1 aromatic carbocycles. The average molecular weight is 509 g/mol. The van der Waals surface area contributed by atoms with Gasteiger partial charge in [0, 0.05) is 12.3 Å². The van der Waals surface area contributed by atoms with Gasteiger partial charge in [-0.3, -0.25) is 9.69 Å². The molecule has 2 bridgehead atoms. The monoisotopic (exact) mass is 509 g/mol. The van der Waals surface area contributed by atoms with E-state index in [1.807, 2.05) is 6.92 Å². The summed E-state index contributed by atoms with van der Waals surface area (Å²) in [6.45, 7) is 3.56. The molecule has 8 atom stereocenters. The van der Waals surface area contributed by atoms with Crippen molar-refractivity contribution in [3.63, 3.8) is 0 Å². The van der Waals surface area contributed by atoms with Crippen molar-refractivity contribution in [3.05, 3.63) is 47.0 Å². The van der Waals surface area contributed by atoms with E-state index in [2.05, 4.69) is 0 Å². The smallest absolute Gasteiger partial charge is 0.416 e. The minimum atomic E-state index is -4.54. The summed E-state index contributed by atoms with van der Waals surface area (Å²) in [4.78, 5) is 40.1. The van der Waals surface area contributed by atoms with Crippen LogP contribution in [0.2, 0.25) is 0 Å². The first-order valence-corrected chi connectivity index (χ1v) is 11.7. The van der Waals surface area contributed by atoms with Crippen LogP contribution < -0.4 is 0 Å². The van der Waals surface area contributed by atoms with Gasteiger partial charge in [-0.05, 0) is 51.4 Å². The Morgan fingerprint density at radius 3 is 2.42 bits per heavy atom. The van der Waals surface area contributed by atoms with Gasteiger partial charge >= 0.3 is 24.1 Å². The second kappa shape index (κ2) is 8.31. The first-order chi connectivity index (χ1) is 16.8. The zero-order chi connectivity index (χ0) is 26.2. The second-order valence-corrected chi connectivity index (χ2v) is 10.2. The summed E-state index contributed by atoms with van der Waals surface area (Å²) in [6.07, 6.45) is -5.45. The molecule has 0 N–H and O–H groups in total. The minimum Gasteiger partial charge on any atom is -0.462 e. The molecule has 1 aromatic rings. The quantitative estimate of drug-likeness (QED) is 0.349. The standard InChI is InChI=1S/C25H26F3NO7/c1-11-17-15-9-14(23(32)33-15)18(29(3)4)19(20-24(2,36-20)10-16(17)34-21(11)30)35-22(31)12-5-7-13(8-6-12)25(26,27)28/h5-9,11,15-20H,10H2,1-4H3. The number of carbonyl (C=O) groups is 3. The van der Waals surface area contributed by atoms with E-state index in [1.54, 1.807) is 32.0 Å². The van der Waals surface area contributed by atoms with E-state index in [9.17, 15) is 27.6 Å². The Morgan fingerprint density at radius 1 is 1.14 bits per heavy atom. The third kappa shape index (κ3) is 4.07. The van der Waals surface area contributed by atoms with Crippen LogP contribution in [0.4, 0.5) is 13.2 Å². The lowest BCUT2D eigenvalue weighted by molar-refractivity contribution is -0.144. The van der Waals surface area contributed by atoms with Crippen molar-refractivity contribution in [2.24, 2.45) is 11.8 Å². The molecule has 3 heterocycles. The van der Waals surface area contributed by atoms with Crippen LogP contribution in [0.3, 0.4) is 0 Å². The number of hydrogen-bond donors (Lipinski definition) is 0. The first-order valence-electron chi connectivity index (χ1n) is 11.7. The fourth-order valence-corrected chi connectivity index (χ4v) is 5.63. The largest absolute Gasteiger partial charge is 0.462 e. The predicted molar refractivity (Wildman–Crippen MR) is 117 cm³/mol. The van der Waals surface area contributed by atoms with Crippen molar-refractivity contribution in [1.29, 1.82) is 0 Å². The molecule has 3 aliphatic heterocycles. The highest BCUT2D eigenvalue weighted by molar-refractivity contribution is 5.93. The van der Waals surface area contributed by atoms with Crippen LogP contribution in [0.1, 0.15) is 36.2 Å². The third-order valence-corrected chi connectivity index (χ3v) is 7.57. The Hall–Kier alpha value is -2.92. The molecule has 36 heavy (non-hydrogen) atoms. The Labute approximate surface area is 205 Å². The Bertz CT molecular complexity index is 1130. The molecule has 4 aliphatic rings. The molecule has 0 saturated carbocycles. The van der Waals surface area contributed by atoms with Crippen LogP contribution >= 0.6 is 0 Å². The summed E-state index contributed by atoms with van der Waals surface area (Å²) in [5, 5.41) is 0. The number of rotatable bonds is 3. The van der Waals surface area contributed by atoms with Crippen LogP contribution in [-0.4, -0.2) is 73.0 Å². The molecule has 2 fully saturated rings. The molecule has 2 saturated heterocycles. The Morgan fingerprint density at radius 2 is 1.81 bits per heavy atom. The molecule has 5 rings (SSSR count). The van der Waals surface area contributed by atoms with E-state index in [4.69, 9.17) is 18.9 Å². The van der Waals surface area contributed by atoms with Crippen molar-refractivity contribution >= 4 is 17.9 Å². The summed E-state index contributed by atoms with van der Waals surface area (Å²) in [6, 6.07) is 2.96. The van der Waals surface area contributed by atoms with Gasteiger partial charge in [-0.25, -0.2) is 9.59 Å². The maximum absolute atomic E-state index is 13.0. The van der Waals surface area contributed by atoms with Gasteiger partial charge in [-0.1, -0.05) is 6.92 Å². The highest BCUT2D eigenvalue weighted by atomic mass is 19.4. The van der Waals surface area contributed by atoms with Gasteiger partial charge in [0.2, 0.25) is 0 Å². The predicted octanol–water partition coefficient (Wildman–Crippen LogP) is 2.75. The maximum Gasteiger partial charge on any atom is 0.416 e.